The fourth-order valence-electron chi connectivity index (χ4n) is 0.934. The third-order valence-corrected chi connectivity index (χ3v) is 1.69. The summed E-state index contributed by atoms with van der Waals surface area (Å²) in [7, 11) is 1.34. The highest BCUT2D eigenvalue weighted by Crippen LogP contribution is 2.14. The van der Waals surface area contributed by atoms with E-state index in [1.54, 1.807) is 17.7 Å². The fraction of sp³-hybridized carbons (Fsp3) is 0.375. The van der Waals surface area contributed by atoms with E-state index in [1.807, 2.05) is 0 Å². The predicted molar refractivity (Wildman–Crippen MR) is 42.8 cm³/mol. The minimum absolute atomic E-state index is 0.144. The van der Waals surface area contributed by atoms with Gasteiger partial charge in [0.25, 0.3) is 0 Å². The molecule has 0 bridgehead atoms. The maximum Gasteiger partial charge on any atom is 0.328 e. The molecule has 0 aliphatic carbocycles. The van der Waals surface area contributed by atoms with Gasteiger partial charge in [0.05, 0.1) is 7.11 Å². The largest absolute Gasteiger partial charge is 0.506 e. The van der Waals surface area contributed by atoms with E-state index in [1.165, 1.54) is 19.4 Å². The van der Waals surface area contributed by atoms with Crippen molar-refractivity contribution in [2.75, 3.05) is 7.11 Å². The van der Waals surface area contributed by atoms with Crippen LogP contribution in [0.3, 0.4) is 0 Å². The van der Waals surface area contributed by atoms with Crippen LogP contribution < -0.4 is 0 Å². The summed E-state index contributed by atoms with van der Waals surface area (Å²) in [6, 6.07) is 1.12. The predicted octanol–water partition coefficient (Wildman–Crippen LogP) is 0.928. The van der Waals surface area contributed by atoms with E-state index in [-0.39, 0.29) is 11.7 Å². The number of hydrogen-bond donors (Lipinski definition) is 1. The number of hydrogen-bond acceptors (Lipinski definition) is 3. The number of aromatic hydroxyl groups is 1. The summed E-state index contributed by atoms with van der Waals surface area (Å²) >= 11 is 0. The molecule has 0 saturated heterocycles. The van der Waals surface area contributed by atoms with Crippen molar-refractivity contribution < 1.29 is 14.6 Å². The van der Waals surface area contributed by atoms with Crippen molar-refractivity contribution >= 4 is 5.97 Å². The number of esters is 1. The molecule has 1 aromatic rings. The molecule has 0 radical (unpaired) electrons. The van der Waals surface area contributed by atoms with E-state index >= 15 is 0 Å². The zero-order chi connectivity index (χ0) is 9.14. The summed E-state index contributed by atoms with van der Waals surface area (Å²) in [6.07, 6.45) is 3.10. The van der Waals surface area contributed by atoms with Crippen molar-refractivity contribution in [1.29, 1.82) is 0 Å². The number of aromatic nitrogens is 1. The molecule has 0 aliphatic rings. The molecule has 1 N–H and O–H groups in total. The van der Waals surface area contributed by atoms with Gasteiger partial charge in [0.15, 0.2) is 0 Å². The lowest BCUT2D eigenvalue weighted by Crippen LogP contribution is -2.16. The molecule has 66 valence electrons. The zero-order valence-electron chi connectivity index (χ0n) is 7.02. The quantitative estimate of drug-likeness (QED) is 0.670. The molecule has 0 fully saturated rings. The third-order valence-electron chi connectivity index (χ3n) is 1.69. The van der Waals surface area contributed by atoms with Crippen LogP contribution in [-0.2, 0) is 9.53 Å². The van der Waals surface area contributed by atoms with Gasteiger partial charge >= 0.3 is 5.97 Å². The highest BCUT2D eigenvalue weighted by Gasteiger charge is 2.14. The van der Waals surface area contributed by atoms with E-state index in [0.717, 1.165) is 0 Å². The standard InChI is InChI=1S/C8H11NO3/c1-6(8(11)12-2)9-4-3-7(10)5-9/h3-6,10H,1-2H3/t6-/m0/s1. The van der Waals surface area contributed by atoms with Crippen LogP contribution in [0.4, 0.5) is 0 Å². The van der Waals surface area contributed by atoms with Gasteiger partial charge in [-0.2, -0.15) is 0 Å². The maximum atomic E-state index is 11.0. The lowest BCUT2D eigenvalue weighted by atomic mass is 10.3. The topological polar surface area (TPSA) is 51.5 Å². The monoisotopic (exact) mass is 169 g/mol. The Bertz CT molecular complexity index is 280. The molecule has 0 saturated carbocycles. The van der Waals surface area contributed by atoms with Gasteiger partial charge in [-0.05, 0) is 13.0 Å². The number of carbonyl (C=O) groups excluding carboxylic acids is 1. The first-order valence-electron chi connectivity index (χ1n) is 3.59. The molecule has 1 aromatic heterocycles. The average Bonchev–Trinajstić information content (AvgIpc) is 2.49. The molecule has 1 heterocycles. The van der Waals surface area contributed by atoms with Crippen molar-refractivity contribution in [2.24, 2.45) is 0 Å². The Morgan fingerprint density at radius 1 is 1.75 bits per heavy atom. The molecular weight excluding hydrogens is 158 g/mol. The van der Waals surface area contributed by atoms with Gasteiger partial charge in [-0.1, -0.05) is 0 Å². The molecule has 0 aromatic carbocycles. The molecule has 4 heteroatoms. The molecule has 0 amide bonds. The second-order valence-corrected chi connectivity index (χ2v) is 2.52. The normalized spacial score (nSPS) is 12.5. The Morgan fingerprint density at radius 3 is 2.83 bits per heavy atom. The van der Waals surface area contributed by atoms with Crippen molar-refractivity contribution in [3.8, 4) is 5.75 Å². The highest BCUT2D eigenvalue weighted by atomic mass is 16.5. The Labute approximate surface area is 70.4 Å². The summed E-state index contributed by atoms with van der Waals surface area (Å²) < 4.78 is 6.12. The Morgan fingerprint density at radius 2 is 2.42 bits per heavy atom. The molecule has 1 rings (SSSR count). The van der Waals surface area contributed by atoms with Crippen molar-refractivity contribution in [3.05, 3.63) is 18.5 Å². The number of nitrogens with zero attached hydrogens (tertiary/aromatic N) is 1. The van der Waals surface area contributed by atoms with Crippen molar-refractivity contribution in [3.63, 3.8) is 0 Å². The Kier molecular flexibility index (Phi) is 2.38. The van der Waals surface area contributed by atoms with Gasteiger partial charge < -0.3 is 14.4 Å². The summed E-state index contributed by atoms with van der Waals surface area (Å²) in [5, 5.41) is 8.98. The van der Waals surface area contributed by atoms with Gasteiger partial charge in [0, 0.05) is 12.4 Å². The van der Waals surface area contributed by atoms with Crippen LogP contribution in [0.1, 0.15) is 13.0 Å². The molecule has 0 aliphatic heterocycles. The molecular formula is C8H11NO3. The van der Waals surface area contributed by atoms with Gasteiger partial charge in [0.2, 0.25) is 0 Å². The van der Waals surface area contributed by atoms with Gasteiger partial charge in [-0.3, -0.25) is 0 Å². The molecule has 0 unspecified atom stereocenters. The van der Waals surface area contributed by atoms with Crippen LogP contribution in [-0.4, -0.2) is 22.8 Å². The van der Waals surface area contributed by atoms with Gasteiger partial charge in [-0.25, -0.2) is 4.79 Å². The first kappa shape index (κ1) is 8.64. The van der Waals surface area contributed by atoms with Crippen LogP contribution in [0.15, 0.2) is 18.5 Å². The number of ether oxygens (including phenoxy) is 1. The lowest BCUT2D eigenvalue weighted by Gasteiger charge is -2.09. The summed E-state index contributed by atoms with van der Waals surface area (Å²) in [5.41, 5.74) is 0. The first-order valence-corrected chi connectivity index (χ1v) is 3.59. The van der Waals surface area contributed by atoms with Gasteiger partial charge in [0.1, 0.15) is 11.8 Å². The summed E-state index contributed by atoms with van der Waals surface area (Å²) in [4.78, 5) is 11.0. The molecule has 1 atom stereocenters. The second-order valence-electron chi connectivity index (χ2n) is 2.52. The number of methoxy groups -OCH3 is 1. The second kappa shape index (κ2) is 3.30. The van der Waals surface area contributed by atoms with Crippen LogP contribution in [0.2, 0.25) is 0 Å². The Hall–Kier alpha value is -1.45. The van der Waals surface area contributed by atoms with Gasteiger partial charge in [-0.15, -0.1) is 0 Å². The van der Waals surface area contributed by atoms with E-state index in [2.05, 4.69) is 4.74 Å². The van der Waals surface area contributed by atoms with Crippen LogP contribution in [0, 0.1) is 0 Å². The molecule has 12 heavy (non-hydrogen) atoms. The summed E-state index contributed by atoms with van der Waals surface area (Å²) in [6.45, 7) is 1.70. The number of carbonyl (C=O) groups is 1. The number of rotatable bonds is 2. The molecule has 4 nitrogen and oxygen atoms in total. The van der Waals surface area contributed by atoms with E-state index in [0.29, 0.717) is 0 Å². The average molecular weight is 169 g/mol. The molecule has 0 spiro atoms. The van der Waals surface area contributed by atoms with Crippen LogP contribution in [0.5, 0.6) is 5.75 Å². The summed E-state index contributed by atoms with van der Waals surface area (Å²) in [5.74, 6) is -0.184. The van der Waals surface area contributed by atoms with E-state index in [9.17, 15) is 4.79 Å². The minimum Gasteiger partial charge on any atom is -0.506 e. The smallest absolute Gasteiger partial charge is 0.328 e. The van der Waals surface area contributed by atoms with E-state index < -0.39 is 6.04 Å². The lowest BCUT2D eigenvalue weighted by molar-refractivity contribution is -0.144. The third kappa shape index (κ3) is 1.58. The van der Waals surface area contributed by atoms with Crippen molar-refractivity contribution in [2.45, 2.75) is 13.0 Å². The fourth-order valence-corrected chi connectivity index (χ4v) is 0.934. The zero-order valence-corrected chi connectivity index (χ0v) is 7.02. The highest BCUT2D eigenvalue weighted by molar-refractivity contribution is 5.73. The van der Waals surface area contributed by atoms with Crippen LogP contribution >= 0.6 is 0 Å². The SMILES string of the molecule is COC(=O)[C@H](C)n1ccc(O)c1. The van der Waals surface area contributed by atoms with Crippen molar-refractivity contribution in [1.82, 2.24) is 4.57 Å². The van der Waals surface area contributed by atoms with Crippen LogP contribution in [0.25, 0.3) is 0 Å². The van der Waals surface area contributed by atoms with E-state index in [4.69, 9.17) is 5.11 Å². The Balaban J connectivity index is 2.77. The minimum atomic E-state index is -0.393. The first-order chi connectivity index (χ1) is 5.65. The maximum absolute atomic E-state index is 11.0.